The Balaban J connectivity index is 3.13. The van der Waals surface area contributed by atoms with Crippen LogP contribution in [0.2, 0.25) is 0 Å². The molecule has 4 heteroatoms. The number of allylic oxidation sites excluding steroid dienone is 4. The Hall–Kier alpha value is -1.29. The van der Waals surface area contributed by atoms with E-state index in [9.17, 15) is 4.79 Å². The molecule has 0 unspecified atom stereocenters. The highest BCUT2D eigenvalue weighted by Gasteiger charge is 1.94. The summed E-state index contributed by atoms with van der Waals surface area (Å²) in [5.41, 5.74) is 0. The molecule has 0 aliphatic rings. The lowest BCUT2D eigenvalue weighted by atomic mass is 10.1. The Bertz CT molecular complexity index is 340. The maximum Gasteiger partial charge on any atom is 0.404 e. The second-order valence-corrected chi connectivity index (χ2v) is 6.43. The van der Waals surface area contributed by atoms with Crippen LogP contribution in [0.1, 0.15) is 84.0 Å². The molecule has 0 aliphatic carbocycles. The second-order valence-electron chi connectivity index (χ2n) is 6.43. The molecule has 0 aromatic carbocycles. The quantitative estimate of drug-likeness (QED) is 0.232. The van der Waals surface area contributed by atoms with Crippen molar-refractivity contribution in [2.24, 2.45) is 0 Å². The molecule has 0 aromatic rings. The molecule has 0 saturated heterocycles. The van der Waals surface area contributed by atoms with Gasteiger partial charge in [0.15, 0.2) is 0 Å². The van der Waals surface area contributed by atoms with E-state index in [-0.39, 0.29) is 0 Å². The van der Waals surface area contributed by atoms with Gasteiger partial charge in [0.2, 0.25) is 0 Å². The highest BCUT2D eigenvalue weighted by atomic mass is 16.5. The van der Waals surface area contributed by atoms with Crippen molar-refractivity contribution in [1.29, 1.82) is 0 Å². The van der Waals surface area contributed by atoms with Crippen molar-refractivity contribution in [2.75, 3.05) is 19.8 Å². The first-order chi connectivity index (χ1) is 12.3. The van der Waals surface area contributed by atoms with Gasteiger partial charge in [-0.2, -0.15) is 0 Å². The zero-order chi connectivity index (χ0) is 18.4. The third-order valence-corrected chi connectivity index (χ3v) is 4.01. The van der Waals surface area contributed by atoms with E-state index in [0.29, 0.717) is 13.2 Å². The molecular weight excluding hydrogens is 314 g/mol. The van der Waals surface area contributed by atoms with Crippen LogP contribution >= 0.6 is 0 Å². The summed E-state index contributed by atoms with van der Waals surface area (Å²) in [6.07, 6.45) is 23.1. The predicted molar refractivity (Wildman–Crippen MR) is 106 cm³/mol. The maximum atomic E-state index is 10.2. The summed E-state index contributed by atoms with van der Waals surface area (Å²) in [4.78, 5) is 10.2. The van der Waals surface area contributed by atoms with E-state index in [1.807, 2.05) is 0 Å². The number of carboxylic acid groups (broad SMARTS) is 1. The van der Waals surface area contributed by atoms with E-state index in [2.05, 4.69) is 36.5 Å². The Kier molecular flexibility index (Phi) is 19.7. The van der Waals surface area contributed by atoms with Crippen molar-refractivity contribution in [2.45, 2.75) is 84.0 Å². The van der Waals surface area contributed by atoms with Crippen LogP contribution in [0.5, 0.6) is 0 Å². The molecule has 0 atom stereocenters. The van der Waals surface area contributed by atoms with Gasteiger partial charge in [0.05, 0.1) is 6.61 Å². The molecule has 2 N–H and O–H groups in total. The molecule has 1 amide bonds. The molecule has 0 fully saturated rings. The zero-order valence-electron chi connectivity index (χ0n) is 16.2. The molecule has 0 spiro atoms. The van der Waals surface area contributed by atoms with Gasteiger partial charge in [0, 0.05) is 13.2 Å². The number of amides is 1. The van der Waals surface area contributed by atoms with Crippen molar-refractivity contribution in [1.82, 2.24) is 5.32 Å². The summed E-state index contributed by atoms with van der Waals surface area (Å²) < 4.78 is 5.36. The van der Waals surface area contributed by atoms with Gasteiger partial charge in [-0.1, -0.05) is 69.8 Å². The van der Waals surface area contributed by atoms with E-state index >= 15 is 0 Å². The monoisotopic (exact) mass is 353 g/mol. The fourth-order valence-electron chi connectivity index (χ4n) is 2.52. The van der Waals surface area contributed by atoms with Gasteiger partial charge >= 0.3 is 6.09 Å². The van der Waals surface area contributed by atoms with Gasteiger partial charge in [0.1, 0.15) is 0 Å². The summed E-state index contributed by atoms with van der Waals surface area (Å²) in [7, 11) is 0. The first kappa shape index (κ1) is 23.7. The fourth-order valence-corrected chi connectivity index (χ4v) is 2.52. The van der Waals surface area contributed by atoms with Crippen LogP contribution in [0.15, 0.2) is 24.3 Å². The molecule has 0 radical (unpaired) electrons. The molecule has 0 saturated carbocycles. The van der Waals surface area contributed by atoms with Gasteiger partial charge in [-0.15, -0.1) is 0 Å². The third-order valence-electron chi connectivity index (χ3n) is 4.01. The highest BCUT2D eigenvalue weighted by Crippen LogP contribution is 2.08. The second kappa shape index (κ2) is 20.8. The fraction of sp³-hybridized carbons (Fsp3) is 0.762. The first-order valence-electron chi connectivity index (χ1n) is 10.1. The van der Waals surface area contributed by atoms with Crippen molar-refractivity contribution in [3.8, 4) is 0 Å². The lowest BCUT2D eigenvalue weighted by molar-refractivity contribution is 0.128. The van der Waals surface area contributed by atoms with E-state index in [1.165, 1.54) is 64.2 Å². The van der Waals surface area contributed by atoms with E-state index in [4.69, 9.17) is 9.84 Å². The molecule has 0 aromatic heterocycles. The number of carbonyl (C=O) groups is 1. The zero-order valence-corrected chi connectivity index (χ0v) is 16.2. The molecule has 146 valence electrons. The topological polar surface area (TPSA) is 58.6 Å². The first-order valence-corrected chi connectivity index (χ1v) is 10.1. The van der Waals surface area contributed by atoms with Crippen LogP contribution in [-0.4, -0.2) is 31.0 Å². The molecule has 0 rings (SSSR count). The van der Waals surface area contributed by atoms with Gasteiger partial charge in [-0.3, -0.25) is 0 Å². The Labute approximate surface area is 154 Å². The normalized spacial score (nSPS) is 11.6. The molecule has 4 nitrogen and oxygen atoms in total. The predicted octanol–water partition coefficient (Wildman–Crippen LogP) is 6.08. The average molecular weight is 354 g/mol. The van der Waals surface area contributed by atoms with Crippen LogP contribution in [-0.2, 0) is 4.74 Å². The SMILES string of the molecule is CCCCCC=CCC=CCCCCCCCCOCCNC(=O)O. The number of hydrogen-bond donors (Lipinski definition) is 2. The maximum absolute atomic E-state index is 10.2. The van der Waals surface area contributed by atoms with Crippen LogP contribution in [0.3, 0.4) is 0 Å². The van der Waals surface area contributed by atoms with Gasteiger partial charge in [0.25, 0.3) is 0 Å². The van der Waals surface area contributed by atoms with Gasteiger partial charge in [-0.25, -0.2) is 4.79 Å². The summed E-state index contributed by atoms with van der Waals surface area (Å²) in [5.74, 6) is 0. The summed E-state index contributed by atoms with van der Waals surface area (Å²) in [5, 5.41) is 10.7. The standard InChI is InChI=1S/C21H39NO3/c1-2-3-4-5-6-7-8-9-10-11-12-13-14-15-16-17-19-25-20-18-22-21(23)24/h6-7,9-10,22H,2-5,8,11-20H2,1H3,(H,23,24). The van der Waals surface area contributed by atoms with E-state index < -0.39 is 6.09 Å². The Morgan fingerprint density at radius 3 is 2.08 bits per heavy atom. The minimum atomic E-state index is -0.989. The number of hydrogen-bond acceptors (Lipinski definition) is 2. The summed E-state index contributed by atoms with van der Waals surface area (Å²) >= 11 is 0. The lowest BCUT2D eigenvalue weighted by Crippen LogP contribution is -2.25. The number of unbranched alkanes of at least 4 members (excludes halogenated alkanes) is 9. The Morgan fingerprint density at radius 2 is 1.44 bits per heavy atom. The third kappa shape index (κ3) is 22.7. The number of ether oxygens (including phenoxy) is 1. The lowest BCUT2D eigenvalue weighted by Gasteiger charge is -2.04. The molecule has 0 heterocycles. The Morgan fingerprint density at radius 1 is 0.840 bits per heavy atom. The van der Waals surface area contributed by atoms with Crippen LogP contribution < -0.4 is 5.32 Å². The summed E-state index contributed by atoms with van der Waals surface area (Å²) in [6, 6.07) is 0. The minimum absolute atomic E-state index is 0.373. The van der Waals surface area contributed by atoms with E-state index in [0.717, 1.165) is 19.4 Å². The van der Waals surface area contributed by atoms with Crippen molar-refractivity contribution in [3.63, 3.8) is 0 Å². The van der Waals surface area contributed by atoms with Crippen LogP contribution in [0.4, 0.5) is 4.79 Å². The number of nitrogens with one attached hydrogen (secondary N) is 1. The smallest absolute Gasteiger partial charge is 0.404 e. The van der Waals surface area contributed by atoms with Crippen LogP contribution in [0.25, 0.3) is 0 Å². The highest BCUT2D eigenvalue weighted by molar-refractivity contribution is 5.64. The van der Waals surface area contributed by atoms with Gasteiger partial charge < -0.3 is 15.2 Å². The van der Waals surface area contributed by atoms with Crippen molar-refractivity contribution in [3.05, 3.63) is 24.3 Å². The molecule has 0 bridgehead atoms. The van der Waals surface area contributed by atoms with E-state index in [1.54, 1.807) is 0 Å². The van der Waals surface area contributed by atoms with Crippen LogP contribution in [0, 0.1) is 0 Å². The van der Waals surface area contributed by atoms with Crippen molar-refractivity contribution >= 4 is 6.09 Å². The molecule has 0 aliphatic heterocycles. The number of rotatable bonds is 18. The summed E-state index contributed by atoms with van der Waals surface area (Å²) in [6.45, 7) is 3.81. The van der Waals surface area contributed by atoms with Crippen molar-refractivity contribution < 1.29 is 14.6 Å². The largest absolute Gasteiger partial charge is 0.465 e. The molecular formula is C21H39NO3. The van der Waals surface area contributed by atoms with Gasteiger partial charge in [-0.05, 0) is 38.5 Å². The molecule has 25 heavy (non-hydrogen) atoms. The minimum Gasteiger partial charge on any atom is -0.465 e. The average Bonchev–Trinajstić information content (AvgIpc) is 2.60.